The lowest BCUT2D eigenvalue weighted by molar-refractivity contribution is 1.26. The van der Waals surface area contributed by atoms with Crippen molar-refractivity contribution < 1.29 is 0 Å². The smallest absolute Gasteiger partial charge is 0.0552 e. The number of hydrogen-bond donors (Lipinski definition) is 2. The van der Waals surface area contributed by atoms with Crippen LogP contribution in [0.25, 0.3) is 6.08 Å². The van der Waals surface area contributed by atoms with Crippen molar-refractivity contribution in [3.63, 3.8) is 0 Å². The number of nitrogens with two attached hydrogens (primary N) is 2. The number of nitrogens with zero attached hydrogens (tertiary/aromatic N) is 1. The third-order valence-corrected chi connectivity index (χ3v) is 2.47. The van der Waals surface area contributed by atoms with Crippen molar-refractivity contribution in [3.05, 3.63) is 51.2 Å². The molecular formula is C11H12IN3. The fraction of sp³-hybridized carbons (Fsp3) is 0. The number of halogens is 1. The van der Waals surface area contributed by atoms with Crippen molar-refractivity contribution in [2.24, 2.45) is 16.7 Å². The summed E-state index contributed by atoms with van der Waals surface area (Å²) in [5, 5.41) is 3.41. The molecule has 0 spiro atoms. The average molecular weight is 313 g/mol. The van der Waals surface area contributed by atoms with E-state index < -0.39 is 0 Å². The van der Waals surface area contributed by atoms with Gasteiger partial charge in [0.2, 0.25) is 0 Å². The van der Waals surface area contributed by atoms with Gasteiger partial charge in [0, 0.05) is 15.3 Å². The Balaban J connectivity index is 2.76. The fourth-order valence-corrected chi connectivity index (χ4v) is 1.35. The molecule has 0 aliphatic carbocycles. The molecule has 4 N–H and O–H groups in total. The molecule has 0 bridgehead atoms. The Labute approximate surface area is 103 Å². The van der Waals surface area contributed by atoms with Gasteiger partial charge in [0.15, 0.2) is 0 Å². The van der Waals surface area contributed by atoms with Gasteiger partial charge in [-0.05, 0) is 40.3 Å². The lowest BCUT2D eigenvalue weighted by Crippen LogP contribution is -1.90. The Bertz CT molecular complexity index is 391. The predicted octanol–water partition coefficient (Wildman–Crippen LogP) is 2.09. The molecule has 0 saturated heterocycles. The molecule has 0 aromatic heterocycles. The van der Waals surface area contributed by atoms with Gasteiger partial charge in [-0.25, -0.2) is 0 Å². The van der Waals surface area contributed by atoms with Crippen LogP contribution in [0.1, 0.15) is 5.56 Å². The van der Waals surface area contributed by atoms with Crippen LogP contribution in [0, 0.1) is 3.57 Å². The Morgan fingerprint density at radius 3 is 2.47 bits per heavy atom. The maximum atomic E-state index is 5.39. The quantitative estimate of drug-likeness (QED) is 0.295. The molecule has 0 fully saturated rings. The van der Waals surface area contributed by atoms with Gasteiger partial charge in [-0.3, -0.25) is 0 Å². The number of allylic oxidation sites excluding steroid dienone is 2. The molecule has 0 aliphatic rings. The minimum absolute atomic E-state index is 0.774. The van der Waals surface area contributed by atoms with E-state index in [1.807, 2.05) is 36.4 Å². The largest absolute Gasteiger partial charge is 0.404 e. The van der Waals surface area contributed by atoms with Crippen LogP contribution in [-0.4, -0.2) is 6.21 Å². The Kier molecular flexibility index (Phi) is 4.89. The van der Waals surface area contributed by atoms with Crippen LogP contribution in [0.15, 0.2) is 47.2 Å². The Hall–Kier alpha value is -1.30. The van der Waals surface area contributed by atoms with E-state index in [1.165, 1.54) is 16.0 Å². The van der Waals surface area contributed by atoms with Crippen molar-refractivity contribution in [2.45, 2.75) is 0 Å². The van der Waals surface area contributed by atoms with Crippen molar-refractivity contribution in [1.29, 1.82) is 0 Å². The lowest BCUT2D eigenvalue weighted by Gasteiger charge is -1.94. The number of benzene rings is 1. The first-order valence-corrected chi connectivity index (χ1v) is 5.43. The first-order valence-electron chi connectivity index (χ1n) is 4.35. The first-order chi connectivity index (χ1) is 7.26. The van der Waals surface area contributed by atoms with E-state index in [0.717, 1.165) is 11.1 Å². The molecule has 0 saturated carbocycles. The molecule has 3 nitrogen and oxygen atoms in total. The molecule has 1 aromatic rings. The number of hydrogen-bond acceptors (Lipinski definition) is 3. The second-order valence-electron chi connectivity index (χ2n) is 2.83. The summed E-state index contributed by atoms with van der Waals surface area (Å²) in [5.41, 5.74) is 7.27. The summed E-state index contributed by atoms with van der Waals surface area (Å²) in [6.45, 7) is 0. The minimum atomic E-state index is 0.774. The van der Waals surface area contributed by atoms with E-state index in [9.17, 15) is 0 Å². The highest BCUT2D eigenvalue weighted by Gasteiger charge is 1.88. The van der Waals surface area contributed by atoms with Gasteiger partial charge >= 0.3 is 0 Å². The molecule has 1 rings (SSSR count). The summed E-state index contributed by atoms with van der Waals surface area (Å²) in [6.07, 6.45) is 6.78. The topological polar surface area (TPSA) is 64.4 Å². The highest BCUT2D eigenvalue weighted by Crippen LogP contribution is 2.08. The monoisotopic (exact) mass is 313 g/mol. The summed E-state index contributed by atoms with van der Waals surface area (Å²) < 4.78 is 1.21. The van der Waals surface area contributed by atoms with Crippen molar-refractivity contribution in [2.75, 3.05) is 0 Å². The molecule has 0 unspecified atom stereocenters. The summed E-state index contributed by atoms with van der Waals surface area (Å²) in [7, 11) is 0. The minimum Gasteiger partial charge on any atom is -0.404 e. The summed E-state index contributed by atoms with van der Waals surface area (Å²) >= 11 is 2.27. The van der Waals surface area contributed by atoms with Crippen LogP contribution in [-0.2, 0) is 0 Å². The normalized spacial score (nSPS) is 12.7. The third kappa shape index (κ3) is 4.16. The van der Waals surface area contributed by atoms with Crippen molar-refractivity contribution >= 4 is 34.9 Å². The van der Waals surface area contributed by atoms with Gasteiger partial charge in [-0.1, -0.05) is 24.3 Å². The summed E-state index contributed by atoms with van der Waals surface area (Å²) in [6, 6.07) is 8.16. The van der Waals surface area contributed by atoms with E-state index in [4.69, 9.17) is 11.6 Å². The van der Waals surface area contributed by atoms with Crippen LogP contribution < -0.4 is 11.6 Å². The second kappa shape index (κ2) is 6.23. The van der Waals surface area contributed by atoms with Gasteiger partial charge in [0.25, 0.3) is 0 Å². The van der Waals surface area contributed by atoms with E-state index in [1.54, 1.807) is 0 Å². The van der Waals surface area contributed by atoms with E-state index in [-0.39, 0.29) is 0 Å². The van der Waals surface area contributed by atoms with Crippen molar-refractivity contribution in [1.82, 2.24) is 0 Å². The average Bonchev–Trinajstić information content (AvgIpc) is 2.26. The third-order valence-electron chi connectivity index (χ3n) is 1.75. The molecule has 1 aromatic carbocycles. The maximum absolute atomic E-state index is 5.39. The van der Waals surface area contributed by atoms with E-state index in [0.29, 0.717) is 0 Å². The molecule has 4 heteroatoms. The van der Waals surface area contributed by atoms with Crippen LogP contribution in [0.5, 0.6) is 0 Å². The number of rotatable bonds is 3. The van der Waals surface area contributed by atoms with Gasteiger partial charge in [0.1, 0.15) is 0 Å². The lowest BCUT2D eigenvalue weighted by atomic mass is 10.2. The Morgan fingerprint density at radius 2 is 1.93 bits per heavy atom. The molecule has 0 radical (unpaired) electrons. The van der Waals surface area contributed by atoms with Crippen molar-refractivity contribution in [3.8, 4) is 0 Å². The molecule has 0 heterocycles. The van der Waals surface area contributed by atoms with Crippen LogP contribution in [0.3, 0.4) is 0 Å². The first kappa shape index (κ1) is 11.8. The molecular weight excluding hydrogens is 301 g/mol. The fourth-order valence-electron chi connectivity index (χ4n) is 0.994. The molecule has 0 amide bonds. The molecule has 15 heavy (non-hydrogen) atoms. The zero-order chi connectivity index (χ0) is 11.1. The predicted molar refractivity (Wildman–Crippen MR) is 73.1 cm³/mol. The highest BCUT2D eigenvalue weighted by molar-refractivity contribution is 14.1. The van der Waals surface area contributed by atoms with Gasteiger partial charge in [-0.15, -0.1) is 0 Å². The second-order valence-corrected chi connectivity index (χ2v) is 4.08. The van der Waals surface area contributed by atoms with Crippen LogP contribution in [0.2, 0.25) is 0 Å². The standard InChI is InChI=1S/C11H12IN3/c12-11-5-3-9(4-6-11)1-2-10(7-13)8-15-14/h1-8H,13-14H2/b2-1+,10-7?,15-8?. The van der Waals surface area contributed by atoms with Crippen LogP contribution >= 0.6 is 22.6 Å². The summed E-state index contributed by atoms with van der Waals surface area (Å²) in [5.74, 6) is 5.03. The number of hydrazone groups is 1. The molecule has 0 aliphatic heterocycles. The van der Waals surface area contributed by atoms with E-state index in [2.05, 4.69) is 27.7 Å². The molecule has 0 atom stereocenters. The van der Waals surface area contributed by atoms with Crippen LogP contribution in [0.4, 0.5) is 0 Å². The Morgan fingerprint density at radius 1 is 1.27 bits per heavy atom. The SMILES string of the molecule is NC=C(C=NN)/C=C/c1ccc(I)cc1. The van der Waals surface area contributed by atoms with Gasteiger partial charge in [0.05, 0.1) is 6.21 Å². The summed E-state index contributed by atoms with van der Waals surface area (Å²) in [4.78, 5) is 0. The zero-order valence-corrected chi connectivity index (χ0v) is 10.3. The van der Waals surface area contributed by atoms with E-state index >= 15 is 0 Å². The zero-order valence-electron chi connectivity index (χ0n) is 8.10. The maximum Gasteiger partial charge on any atom is 0.0552 e. The van der Waals surface area contributed by atoms with Gasteiger partial charge < -0.3 is 11.6 Å². The molecule has 78 valence electrons. The highest BCUT2D eigenvalue weighted by atomic mass is 127. The van der Waals surface area contributed by atoms with Gasteiger partial charge in [-0.2, -0.15) is 5.10 Å².